The van der Waals surface area contributed by atoms with E-state index in [0.29, 0.717) is 5.82 Å². The Balaban J connectivity index is 1.97. The molecule has 0 saturated heterocycles. The summed E-state index contributed by atoms with van der Waals surface area (Å²) >= 11 is 0. The minimum absolute atomic E-state index is 0.0527. The fourth-order valence-corrected chi connectivity index (χ4v) is 1.94. The molecule has 0 aromatic heterocycles. The van der Waals surface area contributed by atoms with Crippen LogP contribution in [0, 0.1) is 0 Å². The van der Waals surface area contributed by atoms with E-state index >= 15 is 0 Å². The zero-order valence-corrected chi connectivity index (χ0v) is 9.00. The summed E-state index contributed by atoms with van der Waals surface area (Å²) in [6, 6.07) is 0. The molecule has 6 heteroatoms. The Hall–Kier alpha value is -2.24. The van der Waals surface area contributed by atoms with Crippen molar-refractivity contribution in [1.29, 1.82) is 0 Å². The fraction of sp³-hybridized carbons (Fsp3) is 0.182. The molecule has 5 nitrogen and oxygen atoms in total. The molecule has 0 bridgehead atoms. The number of nitrogens with zero attached hydrogens (tertiary/aromatic N) is 1. The zero-order valence-electron chi connectivity index (χ0n) is 9.00. The van der Waals surface area contributed by atoms with Crippen molar-refractivity contribution in [3.8, 4) is 0 Å². The smallest absolute Gasteiger partial charge is 0.159 e. The van der Waals surface area contributed by atoms with Gasteiger partial charge in [-0.2, -0.15) is 0 Å². The molecule has 0 saturated carbocycles. The average Bonchev–Trinajstić information content (AvgIpc) is 2.76. The summed E-state index contributed by atoms with van der Waals surface area (Å²) in [6.07, 6.45) is 7.42. The largest absolute Gasteiger partial charge is 0.383 e. The summed E-state index contributed by atoms with van der Waals surface area (Å²) in [5, 5.41) is 8.87. The summed E-state index contributed by atoms with van der Waals surface area (Å²) in [5.74, 6) is 0.373. The number of fused-ring (bicyclic) bond motifs is 1. The first-order chi connectivity index (χ1) is 8.25. The van der Waals surface area contributed by atoms with Crippen molar-refractivity contribution in [2.24, 2.45) is 10.7 Å². The molecular weight excluding hydrogens is 221 g/mol. The molecule has 5 N–H and O–H groups in total. The van der Waals surface area contributed by atoms with Gasteiger partial charge in [-0.15, -0.1) is 0 Å². The first kappa shape index (κ1) is 9.95. The maximum absolute atomic E-state index is 13.1. The second-order valence-electron chi connectivity index (χ2n) is 3.91. The van der Waals surface area contributed by atoms with Crippen molar-refractivity contribution < 1.29 is 4.39 Å². The van der Waals surface area contributed by atoms with Crippen LogP contribution in [-0.2, 0) is 0 Å². The molecule has 0 spiro atoms. The minimum atomic E-state index is -0.378. The van der Waals surface area contributed by atoms with E-state index < -0.39 is 0 Å². The second kappa shape index (κ2) is 3.65. The fourth-order valence-electron chi connectivity index (χ4n) is 1.94. The van der Waals surface area contributed by atoms with Gasteiger partial charge >= 0.3 is 0 Å². The van der Waals surface area contributed by atoms with Gasteiger partial charge in [0.2, 0.25) is 0 Å². The number of rotatable bonds is 0. The Morgan fingerprint density at radius 2 is 2.35 bits per heavy atom. The lowest BCUT2D eigenvalue weighted by Gasteiger charge is -2.22. The topological polar surface area (TPSA) is 74.5 Å². The van der Waals surface area contributed by atoms with Crippen molar-refractivity contribution in [3.05, 3.63) is 47.0 Å². The van der Waals surface area contributed by atoms with Crippen molar-refractivity contribution in [2.45, 2.75) is 6.17 Å². The van der Waals surface area contributed by atoms with Crippen LogP contribution in [0.1, 0.15) is 0 Å². The van der Waals surface area contributed by atoms with Gasteiger partial charge < -0.3 is 21.7 Å². The number of hydrogen-bond donors (Lipinski definition) is 4. The monoisotopic (exact) mass is 233 g/mol. The van der Waals surface area contributed by atoms with Crippen molar-refractivity contribution in [2.75, 3.05) is 6.54 Å². The van der Waals surface area contributed by atoms with E-state index in [4.69, 9.17) is 5.73 Å². The predicted molar refractivity (Wildman–Crippen MR) is 63.1 cm³/mol. The lowest BCUT2D eigenvalue weighted by molar-refractivity contribution is 0.532. The van der Waals surface area contributed by atoms with Crippen LogP contribution in [0.2, 0.25) is 0 Å². The maximum atomic E-state index is 13.1. The van der Waals surface area contributed by atoms with Crippen molar-refractivity contribution >= 4 is 6.21 Å². The highest BCUT2D eigenvalue weighted by molar-refractivity contribution is 5.90. The lowest BCUT2D eigenvalue weighted by atomic mass is 10.0. The number of dihydropyridines is 1. The van der Waals surface area contributed by atoms with Crippen molar-refractivity contribution in [3.63, 3.8) is 0 Å². The van der Waals surface area contributed by atoms with Gasteiger partial charge in [-0.25, -0.2) is 4.39 Å². The molecule has 0 aliphatic carbocycles. The highest BCUT2D eigenvalue weighted by Crippen LogP contribution is 2.25. The van der Waals surface area contributed by atoms with Crippen LogP contribution in [0.3, 0.4) is 0 Å². The molecule has 88 valence electrons. The zero-order chi connectivity index (χ0) is 11.8. The Kier molecular flexibility index (Phi) is 2.14. The summed E-state index contributed by atoms with van der Waals surface area (Å²) in [4.78, 5) is 4.31. The SMILES string of the molecule is NC1=C(F)CNC(=C2C=NC3NC=CC=C23)N1. The van der Waals surface area contributed by atoms with Crippen LogP contribution in [-0.4, -0.2) is 18.9 Å². The third-order valence-electron chi connectivity index (χ3n) is 2.83. The standard InChI is InChI=1S/C11H12FN5/c12-8-5-16-11(17-9(8)13)7-4-15-10-6(7)2-1-3-14-10/h1-4,10,14,16-17H,5,13H2. The normalized spacial score (nSPS) is 30.4. The van der Waals surface area contributed by atoms with E-state index in [2.05, 4.69) is 20.9 Å². The summed E-state index contributed by atoms with van der Waals surface area (Å²) in [7, 11) is 0. The van der Waals surface area contributed by atoms with E-state index in [1.165, 1.54) is 0 Å². The number of aliphatic imine (C=N–C) groups is 1. The molecule has 0 fully saturated rings. The molecule has 1 atom stereocenters. The molecule has 3 heterocycles. The third kappa shape index (κ3) is 1.57. The van der Waals surface area contributed by atoms with Gasteiger partial charge in [0.1, 0.15) is 17.8 Å². The van der Waals surface area contributed by atoms with Crippen LogP contribution in [0.15, 0.2) is 52.0 Å². The second-order valence-corrected chi connectivity index (χ2v) is 3.91. The van der Waals surface area contributed by atoms with Crippen LogP contribution >= 0.6 is 0 Å². The molecule has 0 aromatic rings. The lowest BCUT2D eigenvalue weighted by Crippen LogP contribution is -2.38. The van der Waals surface area contributed by atoms with Gasteiger partial charge in [0, 0.05) is 17.4 Å². The van der Waals surface area contributed by atoms with Gasteiger partial charge in [0.15, 0.2) is 5.83 Å². The first-order valence-corrected chi connectivity index (χ1v) is 5.31. The summed E-state index contributed by atoms with van der Waals surface area (Å²) in [6.45, 7) is 0.104. The summed E-state index contributed by atoms with van der Waals surface area (Å²) < 4.78 is 13.1. The highest BCUT2D eigenvalue weighted by atomic mass is 19.1. The average molecular weight is 233 g/mol. The number of hydrogen-bond acceptors (Lipinski definition) is 5. The van der Waals surface area contributed by atoms with Crippen molar-refractivity contribution in [1.82, 2.24) is 16.0 Å². The van der Waals surface area contributed by atoms with Gasteiger partial charge in [0.25, 0.3) is 0 Å². The van der Waals surface area contributed by atoms with E-state index in [0.717, 1.165) is 11.1 Å². The van der Waals surface area contributed by atoms with E-state index in [1.807, 2.05) is 18.4 Å². The Labute approximate surface area is 97.7 Å². The van der Waals surface area contributed by atoms with Gasteiger partial charge in [-0.3, -0.25) is 4.99 Å². The molecule has 3 aliphatic heterocycles. The predicted octanol–water partition coefficient (Wildman–Crippen LogP) is -0.0581. The number of nitrogens with two attached hydrogens (primary N) is 1. The molecule has 3 rings (SSSR count). The molecule has 3 aliphatic rings. The molecule has 1 unspecified atom stereocenters. The van der Waals surface area contributed by atoms with Crippen LogP contribution < -0.4 is 21.7 Å². The van der Waals surface area contributed by atoms with Crippen LogP contribution in [0.5, 0.6) is 0 Å². The van der Waals surface area contributed by atoms with E-state index in [-0.39, 0.29) is 24.4 Å². The highest BCUT2D eigenvalue weighted by Gasteiger charge is 2.26. The molecule has 0 amide bonds. The Bertz CT molecular complexity index is 512. The van der Waals surface area contributed by atoms with Crippen LogP contribution in [0.25, 0.3) is 0 Å². The summed E-state index contributed by atoms with van der Waals surface area (Å²) in [5.41, 5.74) is 7.47. The maximum Gasteiger partial charge on any atom is 0.159 e. The first-order valence-electron chi connectivity index (χ1n) is 5.31. The quantitative estimate of drug-likeness (QED) is 0.473. The van der Waals surface area contributed by atoms with Crippen LogP contribution in [0.4, 0.5) is 4.39 Å². The molecule has 17 heavy (non-hydrogen) atoms. The minimum Gasteiger partial charge on any atom is -0.383 e. The molecule has 0 radical (unpaired) electrons. The van der Waals surface area contributed by atoms with E-state index in [1.54, 1.807) is 6.21 Å². The number of halogens is 1. The third-order valence-corrected chi connectivity index (χ3v) is 2.83. The molecular formula is C11H12FN5. The van der Waals surface area contributed by atoms with Gasteiger partial charge in [-0.1, -0.05) is 6.08 Å². The van der Waals surface area contributed by atoms with Gasteiger partial charge in [-0.05, 0) is 12.3 Å². The Morgan fingerprint density at radius 3 is 3.18 bits per heavy atom. The molecule has 0 aromatic carbocycles. The van der Waals surface area contributed by atoms with Gasteiger partial charge in [0.05, 0.1) is 6.54 Å². The number of allylic oxidation sites excluding steroid dienone is 2. The van der Waals surface area contributed by atoms with E-state index in [9.17, 15) is 4.39 Å². The number of nitrogens with one attached hydrogen (secondary N) is 3. The Morgan fingerprint density at radius 1 is 1.47 bits per heavy atom.